The second-order valence-electron chi connectivity index (χ2n) is 7.05. The molecule has 2 aromatic rings. The molecule has 3 rings (SSSR count). The molecule has 1 aliphatic rings. The van der Waals surface area contributed by atoms with Crippen molar-refractivity contribution in [1.29, 1.82) is 0 Å². The minimum atomic E-state index is -4.41. The van der Waals surface area contributed by atoms with Gasteiger partial charge < -0.3 is 0 Å². The van der Waals surface area contributed by atoms with Crippen molar-refractivity contribution in [2.75, 3.05) is 32.7 Å². The maximum atomic E-state index is 12.7. The van der Waals surface area contributed by atoms with Crippen LogP contribution in [0.4, 0.5) is 13.2 Å². The first-order chi connectivity index (χ1) is 15.1. The number of halogens is 4. The van der Waals surface area contributed by atoms with E-state index >= 15 is 0 Å². The molecule has 0 radical (unpaired) electrons. The Labute approximate surface area is 192 Å². The smallest absolute Gasteiger partial charge is 0.292 e. The molecule has 1 heterocycles. The molecule has 1 amide bonds. The molecule has 1 fully saturated rings. The third-order valence-electron chi connectivity index (χ3n) is 4.79. The van der Waals surface area contributed by atoms with Gasteiger partial charge in [-0.05, 0) is 42.0 Å². The first-order valence-electron chi connectivity index (χ1n) is 9.53. The van der Waals surface area contributed by atoms with Crippen molar-refractivity contribution in [2.45, 2.75) is 11.1 Å². The molecule has 1 saturated heterocycles. The van der Waals surface area contributed by atoms with Gasteiger partial charge in [-0.25, -0.2) is 13.8 Å². The maximum Gasteiger partial charge on any atom is 0.416 e. The highest BCUT2D eigenvalue weighted by Gasteiger charge is 2.30. The number of nitrogens with zero attached hydrogens (tertiary/aromatic N) is 3. The minimum absolute atomic E-state index is 0.0243. The van der Waals surface area contributed by atoms with Crippen LogP contribution < -0.4 is 5.43 Å². The van der Waals surface area contributed by atoms with Gasteiger partial charge in [-0.15, -0.1) is 0 Å². The largest absolute Gasteiger partial charge is 0.416 e. The molecule has 1 N–H and O–H groups in total. The Balaban J connectivity index is 1.46. The Kier molecular flexibility index (Phi) is 7.70. The monoisotopic (exact) mass is 532 g/mol. The number of amides is 1. The summed E-state index contributed by atoms with van der Waals surface area (Å²) in [6.45, 7) is 1.29. The highest BCUT2D eigenvalue weighted by atomic mass is 79.9. The van der Waals surface area contributed by atoms with Gasteiger partial charge in [0.25, 0.3) is 5.91 Å². The number of hydrazone groups is 1. The van der Waals surface area contributed by atoms with Crippen LogP contribution in [0.25, 0.3) is 0 Å². The Morgan fingerprint density at radius 3 is 2.19 bits per heavy atom. The lowest BCUT2D eigenvalue weighted by molar-refractivity contribution is -0.137. The molecule has 32 heavy (non-hydrogen) atoms. The van der Waals surface area contributed by atoms with E-state index in [2.05, 4.69) is 26.5 Å². The Morgan fingerprint density at radius 1 is 1.03 bits per heavy atom. The van der Waals surface area contributed by atoms with E-state index in [1.165, 1.54) is 34.8 Å². The van der Waals surface area contributed by atoms with E-state index in [1.807, 2.05) is 0 Å². The van der Waals surface area contributed by atoms with Gasteiger partial charge in [0.2, 0.25) is 10.0 Å². The molecule has 0 aliphatic carbocycles. The average Bonchev–Trinajstić information content (AvgIpc) is 2.74. The van der Waals surface area contributed by atoms with Gasteiger partial charge in [-0.3, -0.25) is 9.69 Å². The van der Waals surface area contributed by atoms with E-state index in [9.17, 15) is 26.4 Å². The van der Waals surface area contributed by atoms with Crippen LogP contribution in [-0.4, -0.2) is 62.5 Å². The number of alkyl halides is 3. The van der Waals surface area contributed by atoms with Crippen molar-refractivity contribution in [1.82, 2.24) is 14.6 Å². The fourth-order valence-corrected chi connectivity index (χ4v) is 4.75. The van der Waals surface area contributed by atoms with Crippen molar-refractivity contribution in [3.8, 4) is 0 Å². The molecule has 1 aliphatic heterocycles. The van der Waals surface area contributed by atoms with Crippen LogP contribution in [0.15, 0.2) is 63.0 Å². The molecule has 172 valence electrons. The number of piperazine rings is 1. The molecule has 0 bridgehead atoms. The molecular weight excluding hydrogens is 513 g/mol. The van der Waals surface area contributed by atoms with Gasteiger partial charge in [0.05, 0.1) is 23.2 Å². The highest BCUT2D eigenvalue weighted by Crippen LogP contribution is 2.28. The summed E-state index contributed by atoms with van der Waals surface area (Å²) in [7, 11) is -3.60. The molecule has 0 aromatic heterocycles. The fourth-order valence-electron chi connectivity index (χ4n) is 3.06. The number of benzene rings is 2. The van der Waals surface area contributed by atoms with Crippen molar-refractivity contribution in [2.24, 2.45) is 5.10 Å². The SMILES string of the molecule is O=C(CN1CCN(S(=O)(=O)c2ccc(Br)cc2)CC1)N/N=C/c1ccc(C(F)(F)F)cc1. The van der Waals surface area contributed by atoms with Gasteiger partial charge in [-0.2, -0.15) is 22.6 Å². The van der Waals surface area contributed by atoms with Gasteiger partial charge >= 0.3 is 6.18 Å². The van der Waals surface area contributed by atoms with E-state index in [4.69, 9.17) is 0 Å². The van der Waals surface area contributed by atoms with E-state index in [-0.39, 0.29) is 24.5 Å². The summed E-state index contributed by atoms with van der Waals surface area (Å²) in [6, 6.07) is 10.8. The first-order valence-corrected chi connectivity index (χ1v) is 11.8. The molecule has 0 spiro atoms. The number of sulfonamides is 1. The first kappa shape index (κ1) is 24.4. The zero-order valence-corrected chi connectivity index (χ0v) is 19.1. The van der Waals surface area contributed by atoms with E-state index in [0.717, 1.165) is 16.6 Å². The standard InChI is InChI=1S/C20H20BrF3N4O3S/c21-17-5-7-18(8-6-17)32(30,31)28-11-9-27(10-12-28)14-19(29)26-25-13-15-1-3-16(4-2-15)20(22,23)24/h1-8,13H,9-12,14H2,(H,26,29)/b25-13+. The number of rotatable bonds is 6. The summed E-state index contributed by atoms with van der Waals surface area (Å²) in [5, 5.41) is 3.76. The van der Waals surface area contributed by atoms with Crippen LogP contribution in [-0.2, 0) is 21.0 Å². The molecular formula is C20H20BrF3N4O3S. The topological polar surface area (TPSA) is 82.1 Å². The van der Waals surface area contributed by atoms with E-state index in [0.29, 0.717) is 18.7 Å². The third kappa shape index (κ3) is 6.37. The molecule has 0 unspecified atom stereocenters. The quantitative estimate of drug-likeness (QED) is 0.458. The molecule has 2 aromatic carbocycles. The zero-order chi connectivity index (χ0) is 23.4. The number of hydrogen-bond acceptors (Lipinski definition) is 5. The zero-order valence-electron chi connectivity index (χ0n) is 16.7. The molecule has 0 atom stereocenters. The molecule has 12 heteroatoms. The predicted molar refractivity (Wildman–Crippen MR) is 117 cm³/mol. The van der Waals surface area contributed by atoms with Gasteiger partial charge in [0, 0.05) is 30.7 Å². The fraction of sp³-hybridized carbons (Fsp3) is 0.300. The lowest BCUT2D eigenvalue weighted by Crippen LogP contribution is -2.50. The summed E-state index contributed by atoms with van der Waals surface area (Å²) >= 11 is 3.28. The second-order valence-corrected chi connectivity index (χ2v) is 9.90. The Hall–Kier alpha value is -2.28. The van der Waals surface area contributed by atoms with Crippen LogP contribution in [0.1, 0.15) is 11.1 Å². The maximum absolute atomic E-state index is 12.7. The van der Waals surface area contributed by atoms with Crippen molar-refractivity contribution < 1.29 is 26.4 Å². The minimum Gasteiger partial charge on any atom is -0.292 e. The van der Waals surface area contributed by atoms with Crippen molar-refractivity contribution in [3.63, 3.8) is 0 Å². The highest BCUT2D eigenvalue weighted by molar-refractivity contribution is 9.10. The Bertz CT molecular complexity index is 1070. The second kappa shape index (κ2) is 10.1. The van der Waals surface area contributed by atoms with Crippen LogP contribution in [0, 0.1) is 0 Å². The lowest BCUT2D eigenvalue weighted by Gasteiger charge is -2.33. The summed E-state index contributed by atoms with van der Waals surface area (Å²) in [6.07, 6.45) is -3.16. The van der Waals surface area contributed by atoms with E-state index in [1.54, 1.807) is 17.0 Å². The number of carbonyl (C=O) groups excluding carboxylic acids is 1. The normalized spacial score (nSPS) is 16.4. The van der Waals surface area contributed by atoms with Gasteiger partial charge in [0.1, 0.15) is 0 Å². The van der Waals surface area contributed by atoms with Crippen LogP contribution in [0.2, 0.25) is 0 Å². The lowest BCUT2D eigenvalue weighted by atomic mass is 10.1. The summed E-state index contributed by atoms with van der Waals surface area (Å²) in [5.41, 5.74) is 1.97. The summed E-state index contributed by atoms with van der Waals surface area (Å²) in [4.78, 5) is 14.1. The van der Waals surface area contributed by atoms with Crippen molar-refractivity contribution in [3.05, 3.63) is 64.1 Å². The predicted octanol–water partition coefficient (Wildman–Crippen LogP) is 2.92. The van der Waals surface area contributed by atoms with Crippen LogP contribution >= 0.6 is 15.9 Å². The summed E-state index contributed by atoms with van der Waals surface area (Å²) < 4.78 is 65.3. The molecule has 0 saturated carbocycles. The van der Waals surface area contributed by atoms with Crippen molar-refractivity contribution >= 4 is 38.1 Å². The van der Waals surface area contributed by atoms with Gasteiger partial charge in [-0.1, -0.05) is 28.1 Å². The summed E-state index contributed by atoms with van der Waals surface area (Å²) in [5.74, 6) is -0.405. The number of nitrogens with one attached hydrogen (secondary N) is 1. The number of carbonyl (C=O) groups is 1. The Morgan fingerprint density at radius 2 is 1.62 bits per heavy atom. The van der Waals surface area contributed by atoms with Gasteiger partial charge in [0.15, 0.2) is 0 Å². The van der Waals surface area contributed by atoms with E-state index < -0.39 is 27.7 Å². The molecule has 7 nitrogen and oxygen atoms in total. The number of hydrogen-bond donors (Lipinski definition) is 1. The van der Waals surface area contributed by atoms with Crippen LogP contribution in [0.5, 0.6) is 0 Å². The van der Waals surface area contributed by atoms with Crippen LogP contribution in [0.3, 0.4) is 0 Å². The average molecular weight is 533 g/mol. The third-order valence-corrected chi connectivity index (χ3v) is 7.23.